The molecule has 6 N–H and O–H groups in total. The van der Waals surface area contributed by atoms with E-state index in [1.165, 1.54) is 11.8 Å². The summed E-state index contributed by atoms with van der Waals surface area (Å²) in [7, 11) is 0. The first-order valence-corrected chi connectivity index (χ1v) is 9.79. The van der Waals surface area contributed by atoms with Gasteiger partial charge in [0.2, 0.25) is 17.7 Å². The van der Waals surface area contributed by atoms with Gasteiger partial charge in [-0.25, -0.2) is 4.79 Å². The largest absolute Gasteiger partial charge is 0.480 e. The number of benzene rings is 1. The lowest BCUT2D eigenvalue weighted by Gasteiger charge is -2.28. The molecule has 0 radical (unpaired) electrons. The minimum absolute atomic E-state index is 0.172. The quantitative estimate of drug-likeness (QED) is 0.329. The molecule has 0 aromatic heterocycles. The minimum Gasteiger partial charge on any atom is -0.480 e. The Hall–Kier alpha value is -2.98. The first-order chi connectivity index (χ1) is 14.2. The van der Waals surface area contributed by atoms with Crippen molar-refractivity contribution in [3.63, 3.8) is 0 Å². The van der Waals surface area contributed by atoms with Crippen LogP contribution < -0.4 is 16.4 Å². The number of aliphatic carboxylic acids is 1. The first kappa shape index (κ1) is 23.3. The summed E-state index contributed by atoms with van der Waals surface area (Å²) < 4.78 is 0. The number of hydrogen-bond acceptors (Lipinski definition) is 6. The van der Waals surface area contributed by atoms with Crippen LogP contribution in [0.3, 0.4) is 0 Å². The van der Waals surface area contributed by atoms with Crippen molar-refractivity contribution in [3.05, 3.63) is 35.9 Å². The molecular formula is C20H28N4O6. The monoisotopic (exact) mass is 420 g/mol. The van der Waals surface area contributed by atoms with E-state index in [9.17, 15) is 24.3 Å². The van der Waals surface area contributed by atoms with Crippen LogP contribution in [0.2, 0.25) is 0 Å². The summed E-state index contributed by atoms with van der Waals surface area (Å²) in [6.07, 6.45) is 1.10. The van der Waals surface area contributed by atoms with Gasteiger partial charge < -0.3 is 31.5 Å². The number of aliphatic hydroxyl groups is 1. The molecule has 1 aliphatic rings. The van der Waals surface area contributed by atoms with Crippen LogP contribution in [-0.2, 0) is 25.6 Å². The number of hydrogen-bond donors (Lipinski definition) is 5. The Bertz CT molecular complexity index is 772. The third-order valence-electron chi connectivity index (χ3n) is 5.00. The maximum Gasteiger partial charge on any atom is 0.326 e. The maximum atomic E-state index is 13.1. The fraction of sp³-hybridized carbons (Fsp3) is 0.500. The molecule has 2 rings (SSSR count). The van der Waals surface area contributed by atoms with Crippen molar-refractivity contribution in [2.75, 3.05) is 13.2 Å². The summed E-state index contributed by atoms with van der Waals surface area (Å²) in [5, 5.41) is 23.3. The molecule has 0 aliphatic carbocycles. The van der Waals surface area contributed by atoms with Gasteiger partial charge in [0, 0.05) is 13.0 Å². The van der Waals surface area contributed by atoms with E-state index in [2.05, 4.69) is 10.6 Å². The number of likely N-dealkylation sites (tertiary alicyclic amines) is 1. The number of rotatable bonds is 9. The summed E-state index contributed by atoms with van der Waals surface area (Å²) >= 11 is 0. The van der Waals surface area contributed by atoms with Crippen molar-refractivity contribution in [2.45, 2.75) is 50.4 Å². The van der Waals surface area contributed by atoms with Crippen LogP contribution in [0.25, 0.3) is 0 Å². The molecule has 10 nitrogen and oxygen atoms in total. The number of carboxylic acid groups (broad SMARTS) is 1. The number of nitrogens with one attached hydrogen (secondary N) is 2. The zero-order chi connectivity index (χ0) is 22.3. The molecule has 164 valence electrons. The molecule has 1 fully saturated rings. The van der Waals surface area contributed by atoms with Gasteiger partial charge in [-0.2, -0.15) is 0 Å². The normalized spacial score (nSPS) is 18.9. The molecule has 0 unspecified atom stereocenters. The van der Waals surface area contributed by atoms with Crippen LogP contribution in [0.5, 0.6) is 0 Å². The Morgan fingerprint density at radius 1 is 1.17 bits per heavy atom. The minimum atomic E-state index is -1.16. The smallest absolute Gasteiger partial charge is 0.326 e. The highest BCUT2D eigenvalue weighted by Crippen LogP contribution is 2.19. The molecule has 1 aliphatic heterocycles. The molecule has 1 aromatic carbocycles. The summed E-state index contributed by atoms with van der Waals surface area (Å²) in [5.74, 6) is -2.88. The predicted octanol–water partition coefficient (Wildman–Crippen LogP) is -1.39. The fourth-order valence-electron chi connectivity index (χ4n) is 3.30. The topological polar surface area (TPSA) is 162 Å². The fourth-order valence-corrected chi connectivity index (χ4v) is 3.30. The number of nitrogens with two attached hydrogens (primary N) is 1. The summed E-state index contributed by atoms with van der Waals surface area (Å²) in [6.45, 7) is 1.16. The van der Waals surface area contributed by atoms with Crippen LogP contribution in [0.4, 0.5) is 0 Å². The van der Waals surface area contributed by atoms with Crippen LogP contribution in [0.15, 0.2) is 30.3 Å². The zero-order valence-corrected chi connectivity index (χ0v) is 16.8. The second-order valence-electron chi connectivity index (χ2n) is 7.30. The van der Waals surface area contributed by atoms with E-state index in [-0.39, 0.29) is 6.42 Å². The average molecular weight is 420 g/mol. The molecule has 1 aromatic rings. The Morgan fingerprint density at radius 2 is 1.83 bits per heavy atom. The lowest BCUT2D eigenvalue weighted by molar-refractivity contribution is -0.149. The van der Waals surface area contributed by atoms with Crippen LogP contribution in [-0.4, -0.2) is 76.1 Å². The number of carbonyl (C=O) groups is 4. The maximum absolute atomic E-state index is 13.1. The Balaban J connectivity index is 2.15. The van der Waals surface area contributed by atoms with Gasteiger partial charge in [-0.15, -0.1) is 0 Å². The van der Waals surface area contributed by atoms with Crippen molar-refractivity contribution in [2.24, 2.45) is 5.73 Å². The highest BCUT2D eigenvalue weighted by molar-refractivity contribution is 5.94. The predicted molar refractivity (Wildman–Crippen MR) is 107 cm³/mol. The number of nitrogens with zero attached hydrogens (tertiary/aromatic N) is 1. The van der Waals surface area contributed by atoms with Crippen molar-refractivity contribution in [3.8, 4) is 0 Å². The zero-order valence-electron chi connectivity index (χ0n) is 16.8. The Labute approximate surface area is 174 Å². The van der Waals surface area contributed by atoms with E-state index >= 15 is 0 Å². The lowest BCUT2D eigenvalue weighted by Crippen LogP contribution is -2.57. The van der Waals surface area contributed by atoms with Crippen LogP contribution in [0.1, 0.15) is 25.3 Å². The third kappa shape index (κ3) is 6.01. The van der Waals surface area contributed by atoms with Gasteiger partial charge in [-0.3, -0.25) is 14.4 Å². The first-order valence-electron chi connectivity index (χ1n) is 9.79. The number of carboxylic acids is 1. The van der Waals surface area contributed by atoms with Crippen LogP contribution >= 0.6 is 0 Å². The van der Waals surface area contributed by atoms with E-state index in [1.807, 2.05) is 6.07 Å². The van der Waals surface area contributed by atoms with Gasteiger partial charge >= 0.3 is 5.97 Å². The van der Waals surface area contributed by atoms with E-state index in [1.54, 1.807) is 24.3 Å². The van der Waals surface area contributed by atoms with Gasteiger partial charge in [0.1, 0.15) is 24.2 Å². The van der Waals surface area contributed by atoms with Crippen molar-refractivity contribution < 1.29 is 29.4 Å². The van der Waals surface area contributed by atoms with E-state index in [4.69, 9.17) is 10.8 Å². The van der Waals surface area contributed by atoms with E-state index < -0.39 is 54.5 Å². The van der Waals surface area contributed by atoms with Crippen molar-refractivity contribution in [1.82, 2.24) is 15.5 Å². The Kier molecular flexibility index (Phi) is 8.31. The summed E-state index contributed by atoms with van der Waals surface area (Å²) in [4.78, 5) is 50.3. The molecule has 0 spiro atoms. The molecule has 1 saturated heterocycles. The van der Waals surface area contributed by atoms with Gasteiger partial charge in [-0.1, -0.05) is 30.3 Å². The molecule has 0 saturated carbocycles. The highest BCUT2D eigenvalue weighted by atomic mass is 16.4. The van der Waals surface area contributed by atoms with Crippen molar-refractivity contribution >= 4 is 23.7 Å². The lowest BCUT2D eigenvalue weighted by atomic mass is 10.0. The molecular weight excluding hydrogens is 392 g/mol. The SMILES string of the molecule is C[C@H](NC(=O)[C@@H](N)CO)C(=O)N[C@@H](Cc1ccccc1)C(=O)N1CCC[C@@H]1C(=O)O. The molecule has 10 heteroatoms. The molecule has 3 amide bonds. The average Bonchev–Trinajstić information content (AvgIpc) is 3.23. The Morgan fingerprint density at radius 3 is 2.43 bits per heavy atom. The molecule has 4 atom stereocenters. The second-order valence-corrected chi connectivity index (χ2v) is 7.30. The van der Waals surface area contributed by atoms with Crippen LogP contribution in [0, 0.1) is 0 Å². The second kappa shape index (κ2) is 10.7. The van der Waals surface area contributed by atoms with E-state index in [0.29, 0.717) is 19.4 Å². The summed E-state index contributed by atoms with van der Waals surface area (Å²) in [6, 6.07) is 4.94. The number of carbonyl (C=O) groups excluding carboxylic acids is 3. The van der Waals surface area contributed by atoms with Gasteiger partial charge in [-0.05, 0) is 25.3 Å². The summed E-state index contributed by atoms with van der Waals surface area (Å²) in [5.41, 5.74) is 6.23. The number of amides is 3. The highest BCUT2D eigenvalue weighted by Gasteiger charge is 2.38. The standard InChI is InChI=1S/C20H28N4O6/c1-12(22-18(27)14(21)11-25)17(26)23-15(10-13-6-3-2-4-7-13)19(28)24-9-5-8-16(24)20(29)30/h2-4,6-7,12,14-16,25H,5,8-11,21H2,1H3,(H,22,27)(H,23,26)(H,29,30)/t12-,14-,15-,16+/m0/s1. The molecule has 30 heavy (non-hydrogen) atoms. The van der Waals surface area contributed by atoms with E-state index in [0.717, 1.165) is 5.56 Å². The molecule has 1 heterocycles. The van der Waals surface area contributed by atoms with Gasteiger partial charge in [0.05, 0.1) is 6.61 Å². The molecule has 0 bridgehead atoms. The van der Waals surface area contributed by atoms with Gasteiger partial charge in [0.15, 0.2) is 0 Å². The third-order valence-corrected chi connectivity index (χ3v) is 5.00. The van der Waals surface area contributed by atoms with Gasteiger partial charge in [0.25, 0.3) is 0 Å². The number of aliphatic hydroxyl groups excluding tert-OH is 1. The van der Waals surface area contributed by atoms with Crippen molar-refractivity contribution in [1.29, 1.82) is 0 Å².